The first kappa shape index (κ1) is 44.5. The van der Waals surface area contributed by atoms with E-state index in [4.69, 9.17) is 6.42 Å². The molecule has 3 heteroatoms. The van der Waals surface area contributed by atoms with Crippen LogP contribution in [0, 0.1) is 30.6 Å². The number of Topliss-reactive ketones (excluding diaryl/α,β-unsaturated/α-hetero) is 2. The Kier molecular flexibility index (Phi) is 22.0. The molecule has 1 fully saturated rings. The van der Waals surface area contributed by atoms with Gasteiger partial charge in [0.2, 0.25) is 0 Å². The van der Waals surface area contributed by atoms with Gasteiger partial charge in [-0.1, -0.05) is 134 Å². The molecule has 1 saturated carbocycles. The summed E-state index contributed by atoms with van der Waals surface area (Å²) in [5, 5.41) is 0. The van der Waals surface area contributed by atoms with Gasteiger partial charge in [0.05, 0.1) is 0 Å². The van der Waals surface area contributed by atoms with Crippen LogP contribution in [0.5, 0.6) is 0 Å². The van der Waals surface area contributed by atoms with Gasteiger partial charge in [0.1, 0.15) is 11.5 Å². The molecular weight excluding hydrogens is 587 g/mol. The van der Waals surface area contributed by atoms with E-state index in [1.54, 1.807) is 5.57 Å². The molecule has 0 heterocycles. The third-order valence-electron chi connectivity index (χ3n) is 8.98. The Hall–Kier alpha value is -3.51. The summed E-state index contributed by atoms with van der Waals surface area (Å²) in [5.74, 6) is 3.51. The molecule has 0 N–H and O–H groups in total. The zero-order chi connectivity index (χ0) is 36.9. The fourth-order valence-corrected chi connectivity index (χ4v) is 5.94. The Morgan fingerprint density at radius 3 is 1.62 bits per heavy atom. The summed E-state index contributed by atoms with van der Waals surface area (Å²) in [6, 6.07) is 18.3. The predicted octanol–water partition coefficient (Wildman–Crippen LogP) is 12.9. The van der Waals surface area contributed by atoms with Crippen LogP contribution < -0.4 is 0 Å². The lowest BCUT2D eigenvalue weighted by atomic mass is 9.60. The highest BCUT2D eigenvalue weighted by Gasteiger charge is 2.39. The average Bonchev–Trinajstić information content (AvgIpc) is 3.04. The Balaban J connectivity index is 0.000000837. The summed E-state index contributed by atoms with van der Waals surface area (Å²) in [7, 11) is 0. The molecule has 1 aliphatic carbocycles. The number of hydrogen-bond donors (Lipinski definition) is 0. The molecule has 0 bridgehead atoms. The Labute approximate surface area is 295 Å². The molecule has 0 atom stereocenters. The molecule has 0 unspecified atom stereocenters. The van der Waals surface area contributed by atoms with Crippen LogP contribution in [0.2, 0.25) is 0 Å². The first-order valence-corrected chi connectivity index (χ1v) is 18.4. The van der Waals surface area contributed by atoms with Crippen molar-refractivity contribution in [2.75, 3.05) is 0 Å². The van der Waals surface area contributed by atoms with Gasteiger partial charge in [0.15, 0.2) is 5.78 Å². The lowest BCUT2D eigenvalue weighted by molar-refractivity contribution is -0.115. The number of aliphatic imine (C=N–C) groups is 1. The quantitative estimate of drug-likeness (QED) is 0.130. The number of carbonyl (C=O) groups is 2. The van der Waals surface area contributed by atoms with Crippen LogP contribution in [0.3, 0.4) is 0 Å². The maximum Gasteiger partial charge on any atom is 0.178 e. The predicted molar refractivity (Wildman–Crippen MR) is 212 cm³/mol. The molecule has 0 aliphatic heterocycles. The maximum absolute atomic E-state index is 11.3. The van der Waals surface area contributed by atoms with E-state index in [0.29, 0.717) is 22.9 Å². The third-order valence-corrected chi connectivity index (χ3v) is 8.98. The lowest BCUT2D eigenvalue weighted by Gasteiger charge is -2.44. The van der Waals surface area contributed by atoms with Gasteiger partial charge >= 0.3 is 0 Å². The van der Waals surface area contributed by atoms with Crippen molar-refractivity contribution in [3.05, 3.63) is 88.1 Å². The first-order chi connectivity index (χ1) is 22.8. The summed E-state index contributed by atoms with van der Waals surface area (Å²) in [5.41, 5.74) is 10.6. The van der Waals surface area contributed by atoms with Gasteiger partial charge in [-0.3, -0.25) is 9.79 Å². The summed E-state index contributed by atoms with van der Waals surface area (Å²) in [6.45, 7) is 26.3. The highest BCUT2D eigenvalue weighted by atomic mass is 16.1. The van der Waals surface area contributed by atoms with Crippen LogP contribution in [0.4, 0.5) is 0 Å². The second-order valence-electron chi connectivity index (χ2n) is 13.4. The molecule has 264 valence electrons. The molecule has 0 amide bonds. The number of nitrogens with zero attached hydrogens (tertiary/aromatic N) is 1. The van der Waals surface area contributed by atoms with Crippen molar-refractivity contribution in [2.45, 2.75) is 147 Å². The smallest absolute Gasteiger partial charge is 0.178 e. The lowest BCUT2D eigenvalue weighted by Crippen LogP contribution is -2.30. The van der Waals surface area contributed by atoms with Gasteiger partial charge in [0.25, 0.3) is 0 Å². The number of hydrogen-bond acceptors (Lipinski definition) is 3. The number of rotatable bonds is 12. The number of benzene rings is 2. The maximum atomic E-state index is 11.3. The molecule has 48 heavy (non-hydrogen) atoms. The van der Waals surface area contributed by atoms with Crippen LogP contribution in [0.1, 0.15) is 163 Å². The normalized spacial score (nSPS) is 13.5. The molecule has 2 aromatic rings. The van der Waals surface area contributed by atoms with Crippen LogP contribution in [-0.4, -0.2) is 17.3 Å². The van der Waals surface area contributed by atoms with E-state index in [9.17, 15) is 9.59 Å². The highest BCUT2D eigenvalue weighted by Crippen LogP contribution is 2.53. The second kappa shape index (κ2) is 23.8. The van der Waals surface area contributed by atoms with Crippen molar-refractivity contribution in [3.63, 3.8) is 0 Å². The molecule has 0 radical (unpaired) electrons. The van der Waals surface area contributed by atoms with E-state index < -0.39 is 0 Å². The molecule has 3 nitrogen and oxygen atoms in total. The minimum Gasteiger partial charge on any atom is -0.300 e. The number of terminal acetylenes is 1. The molecular formula is C45H67NO2. The molecule has 3 rings (SSSR count). The zero-order valence-corrected chi connectivity index (χ0v) is 32.8. The topological polar surface area (TPSA) is 46.5 Å². The molecule has 0 saturated heterocycles. The van der Waals surface area contributed by atoms with E-state index in [1.807, 2.05) is 20.8 Å². The van der Waals surface area contributed by atoms with Crippen LogP contribution in [0.15, 0.2) is 70.9 Å². The van der Waals surface area contributed by atoms with Crippen molar-refractivity contribution in [2.24, 2.45) is 16.3 Å². The fourth-order valence-electron chi connectivity index (χ4n) is 5.94. The minimum atomic E-state index is -0.0750. The monoisotopic (exact) mass is 654 g/mol. The number of aryl methyl sites for hydroxylation is 1. The zero-order valence-electron chi connectivity index (χ0n) is 32.8. The SMILES string of the molecule is C#C/C=C(\N=C(C)C(CCC)CCC)C(C)=O.CC.CC(C)=O.CCC1(CC)CC(=C(c2ccc(C)cc2)c2ccc(C(C)C)cc2)C1. The third kappa shape index (κ3) is 15.1. The molecule has 2 aromatic carbocycles. The Morgan fingerprint density at radius 2 is 1.27 bits per heavy atom. The van der Waals surface area contributed by atoms with Gasteiger partial charge in [-0.15, -0.1) is 6.42 Å². The van der Waals surface area contributed by atoms with E-state index in [2.05, 4.69) is 108 Å². The van der Waals surface area contributed by atoms with E-state index in [1.165, 1.54) is 80.4 Å². The summed E-state index contributed by atoms with van der Waals surface area (Å²) in [4.78, 5) is 25.2. The Morgan fingerprint density at radius 1 is 0.833 bits per heavy atom. The van der Waals surface area contributed by atoms with E-state index in [-0.39, 0.29) is 11.6 Å². The molecule has 0 spiro atoms. The van der Waals surface area contributed by atoms with Crippen molar-refractivity contribution in [3.8, 4) is 12.3 Å². The van der Waals surface area contributed by atoms with Crippen molar-refractivity contribution >= 4 is 22.9 Å². The highest BCUT2D eigenvalue weighted by molar-refractivity contribution is 5.97. The molecule has 0 aromatic heterocycles. The van der Waals surface area contributed by atoms with Crippen molar-refractivity contribution in [1.82, 2.24) is 0 Å². The van der Waals surface area contributed by atoms with Gasteiger partial charge in [-0.2, -0.15) is 0 Å². The van der Waals surface area contributed by atoms with Crippen molar-refractivity contribution < 1.29 is 9.59 Å². The van der Waals surface area contributed by atoms with Gasteiger partial charge in [-0.25, -0.2) is 0 Å². The van der Waals surface area contributed by atoms with Crippen LogP contribution in [-0.2, 0) is 9.59 Å². The van der Waals surface area contributed by atoms with Crippen LogP contribution >= 0.6 is 0 Å². The van der Waals surface area contributed by atoms with Crippen LogP contribution in [0.25, 0.3) is 5.57 Å². The first-order valence-electron chi connectivity index (χ1n) is 18.4. The largest absolute Gasteiger partial charge is 0.300 e. The minimum absolute atomic E-state index is 0.0750. The van der Waals surface area contributed by atoms with Crippen molar-refractivity contribution in [1.29, 1.82) is 0 Å². The second-order valence-corrected chi connectivity index (χ2v) is 13.4. The summed E-state index contributed by atoms with van der Waals surface area (Å²) < 4.78 is 0. The van der Waals surface area contributed by atoms with Gasteiger partial charge < -0.3 is 4.79 Å². The fraction of sp³-hybridized carbons (Fsp3) is 0.533. The number of allylic oxidation sites excluding steroid dienone is 3. The standard InChI is InChI=1S/C25H32.C15H23NO.C3H6O.C2H6/c1-6-25(7-2)16-23(17-25)24(21-10-8-19(5)9-11-21)22-14-12-20(13-15-22)18(3)4;1-6-9-14(10-7-2)12(4)16-15(11-8-3)13(5)17;1-3(2)4;1-2/h8-15,18H,6-7,16-17H2,1-5H3;3,11,14H,6-7,9-10H2,1-2,4-5H3;1-2H3;1-2H3/b;15-11-,16-12?;;. The summed E-state index contributed by atoms with van der Waals surface area (Å²) >= 11 is 0. The van der Waals surface area contributed by atoms with Gasteiger partial charge in [0, 0.05) is 18.7 Å². The number of carbonyl (C=O) groups excluding carboxylic acids is 2. The van der Waals surface area contributed by atoms with E-state index >= 15 is 0 Å². The summed E-state index contributed by atoms with van der Waals surface area (Å²) in [6.07, 6.45) is 16.2. The van der Waals surface area contributed by atoms with E-state index in [0.717, 1.165) is 31.4 Å². The average molecular weight is 654 g/mol. The number of ketones is 2. The van der Waals surface area contributed by atoms with Gasteiger partial charge in [-0.05, 0) is 106 Å². The Bertz CT molecular complexity index is 1350. The molecule has 1 aliphatic rings.